The molecule has 8 nitrogen and oxygen atoms in total. The lowest BCUT2D eigenvalue weighted by Gasteiger charge is -2.35. The van der Waals surface area contributed by atoms with E-state index in [1.807, 2.05) is 76.2 Å². The number of fused-ring (bicyclic) bond motifs is 1. The Hall–Kier alpha value is -3.65. The molecular weight excluding hydrogens is 542 g/mol. The lowest BCUT2D eigenvalue weighted by Crippen LogP contribution is -2.58. The summed E-state index contributed by atoms with van der Waals surface area (Å²) in [7, 11) is 1.61. The van der Waals surface area contributed by atoms with Crippen LogP contribution < -0.4 is 20.3 Å². The first kappa shape index (κ1) is 29.4. The molecule has 0 aromatic heterocycles. The molecule has 1 saturated carbocycles. The molecule has 3 heterocycles. The minimum atomic E-state index is -1.26. The molecule has 2 aromatic carbocycles. The number of methoxy groups -OCH3 is 1. The molecule has 4 aliphatic rings. The van der Waals surface area contributed by atoms with Crippen molar-refractivity contribution in [2.45, 2.75) is 95.0 Å². The maximum absolute atomic E-state index is 14.5. The van der Waals surface area contributed by atoms with E-state index in [0.717, 1.165) is 11.3 Å². The van der Waals surface area contributed by atoms with Gasteiger partial charge in [0.15, 0.2) is 0 Å². The maximum Gasteiger partial charge on any atom is 0.246 e. The Kier molecular flexibility index (Phi) is 7.40. The Morgan fingerprint density at radius 3 is 2.28 bits per heavy atom. The van der Waals surface area contributed by atoms with Crippen LogP contribution in [0.25, 0.3) is 0 Å². The van der Waals surface area contributed by atoms with E-state index in [1.165, 1.54) is 37.7 Å². The van der Waals surface area contributed by atoms with E-state index in [2.05, 4.69) is 22.8 Å². The van der Waals surface area contributed by atoms with E-state index in [9.17, 15) is 14.4 Å². The van der Waals surface area contributed by atoms with Crippen LogP contribution in [0.1, 0.15) is 76.8 Å². The molecule has 2 bridgehead atoms. The molecule has 1 spiro atoms. The second-order valence-corrected chi connectivity index (χ2v) is 13.8. The number of hydrogen-bond acceptors (Lipinski definition) is 5. The largest absolute Gasteiger partial charge is 0.497 e. The SMILES string of the molecule is COc1ccc(CNC(=O)[C@@H]2[C@@H]3C(=O)N(c4ccc(C5CCCCC5)cc4)[C@@H](C(=O)NC(C)(C)C)[C@@]34C=C[C@@]2(C)O4)cc1. The summed E-state index contributed by atoms with van der Waals surface area (Å²) in [5.74, 6) is -1.21. The molecule has 0 unspecified atom stereocenters. The summed E-state index contributed by atoms with van der Waals surface area (Å²) in [6.45, 7) is 7.88. The monoisotopic (exact) mass is 585 g/mol. The highest BCUT2D eigenvalue weighted by Crippen LogP contribution is 2.60. The second-order valence-electron chi connectivity index (χ2n) is 13.8. The van der Waals surface area contributed by atoms with Crippen LogP contribution >= 0.6 is 0 Å². The number of hydrogen-bond donors (Lipinski definition) is 2. The van der Waals surface area contributed by atoms with Crippen LogP contribution in [-0.2, 0) is 25.7 Å². The molecule has 2 saturated heterocycles. The van der Waals surface area contributed by atoms with Crippen molar-refractivity contribution < 1.29 is 23.9 Å². The van der Waals surface area contributed by atoms with Gasteiger partial charge in [-0.1, -0.05) is 55.7 Å². The molecule has 8 heteroatoms. The third-order valence-corrected chi connectivity index (χ3v) is 9.60. The quantitative estimate of drug-likeness (QED) is 0.445. The lowest BCUT2D eigenvalue weighted by atomic mass is 9.70. The fourth-order valence-corrected chi connectivity index (χ4v) is 7.64. The van der Waals surface area contributed by atoms with Crippen molar-refractivity contribution in [1.82, 2.24) is 10.6 Å². The Balaban J connectivity index is 1.32. The highest BCUT2D eigenvalue weighted by molar-refractivity contribution is 6.10. The van der Waals surface area contributed by atoms with Gasteiger partial charge in [0.2, 0.25) is 17.7 Å². The van der Waals surface area contributed by atoms with Crippen molar-refractivity contribution >= 4 is 23.4 Å². The van der Waals surface area contributed by atoms with Gasteiger partial charge < -0.3 is 20.1 Å². The van der Waals surface area contributed by atoms with Crippen molar-refractivity contribution in [2.75, 3.05) is 12.0 Å². The predicted molar refractivity (Wildman–Crippen MR) is 165 cm³/mol. The Morgan fingerprint density at radius 1 is 0.977 bits per heavy atom. The van der Waals surface area contributed by atoms with Crippen LogP contribution in [0.15, 0.2) is 60.7 Å². The van der Waals surface area contributed by atoms with Crippen LogP contribution in [-0.4, -0.2) is 47.6 Å². The zero-order valence-corrected chi connectivity index (χ0v) is 25.8. The topological polar surface area (TPSA) is 97.0 Å². The standard InChI is InChI=1S/C35H43N3O5/c1-33(2,3)37-31(40)29-35-20-19-34(4,43-35)27(30(39)36-21-22-11-17-26(42-5)18-12-22)28(35)32(41)38(29)25-15-13-24(14-16-25)23-9-7-6-8-10-23/h11-20,23,27-29H,6-10,21H2,1-5H3,(H,36,39)(H,37,40)/t27-,28+,29-,34+,35+/m0/s1. The van der Waals surface area contributed by atoms with Crippen LogP contribution in [0, 0.1) is 11.8 Å². The van der Waals surface area contributed by atoms with Crippen molar-refractivity contribution in [3.63, 3.8) is 0 Å². The number of amides is 3. The Morgan fingerprint density at radius 2 is 1.65 bits per heavy atom. The molecule has 5 atom stereocenters. The molecule has 1 aliphatic carbocycles. The van der Waals surface area contributed by atoms with Gasteiger partial charge in [0.1, 0.15) is 17.4 Å². The number of nitrogens with one attached hydrogen (secondary N) is 2. The van der Waals surface area contributed by atoms with E-state index in [-0.39, 0.29) is 17.7 Å². The highest BCUT2D eigenvalue weighted by Gasteiger charge is 2.76. The van der Waals surface area contributed by atoms with Gasteiger partial charge in [-0.15, -0.1) is 0 Å². The molecule has 2 aromatic rings. The van der Waals surface area contributed by atoms with Gasteiger partial charge in [-0.2, -0.15) is 0 Å². The third-order valence-electron chi connectivity index (χ3n) is 9.60. The summed E-state index contributed by atoms with van der Waals surface area (Å²) in [6, 6.07) is 14.6. The highest BCUT2D eigenvalue weighted by atomic mass is 16.5. The molecule has 3 aliphatic heterocycles. The average molecular weight is 586 g/mol. The average Bonchev–Trinajstić information content (AvgIpc) is 3.56. The van der Waals surface area contributed by atoms with Crippen LogP contribution in [0.3, 0.4) is 0 Å². The first-order valence-electron chi connectivity index (χ1n) is 15.5. The van der Waals surface area contributed by atoms with E-state index in [1.54, 1.807) is 12.0 Å². The van der Waals surface area contributed by atoms with Crippen molar-refractivity contribution in [3.05, 3.63) is 71.8 Å². The van der Waals surface area contributed by atoms with Gasteiger partial charge in [-0.3, -0.25) is 19.3 Å². The predicted octanol–water partition coefficient (Wildman–Crippen LogP) is 5.02. The maximum atomic E-state index is 14.5. The minimum absolute atomic E-state index is 0.267. The van der Waals surface area contributed by atoms with Crippen molar-refractivity contribution in [2.24, 2.45) is 11.8 Å². The number of carbonyl (C=O) groups excluding carboxylic acids is 3. The van der Waals surface area contributed by atoms with Crippen molar-refractivity contribution in [3.8, 4) is 5.75 Å². The lowest BCUT2D eigenvalue weighted by molar-refractivity contribution is -0.134. The van der Waals surface area contributed by atoms with Gasteiger partial charge >= 0.3 is 0 Å². The molecule has 228 valence electrons. The van der Waals surface area contributed by atoms with E-state index < -0.39 is 34.6 Å². The van der Waals surface area contributed by atoms with Crippen LogP contribution in [0.2, 0.25) is 0 Å². The van der Waals surface area contributed by atoms with Gasteiger partial charge in [0, 0.05) is 17.8 Å². The summed E-state index contributed by atoms with van der Waals surface area (Å²) < 4.78 is 11.9. The van der Waals surface area contributed by atoms with Gasteiger partial charge in [-0.05, 0) is 81.8 Å². The number of ether oxygens (including phenoxy) is 2. The summed E-state index contributed by atoms with van der Waals surface area (Å²) in [4.78, 5) is 44.0. The smallest absolute Gasteiger partial charge is 0.246 e. The first-order valence-corrected chi connectivity index (χ1v) is 15.5. The van der Waals surface area contributed by atoms with Gasteiger partial charge in [-0.25, -0.2) is 0 Å². The molecule has 2 N–H and O–H groups in total. The first-order chi connectivity index (χ1) is 20.5. The second kappa shape index (κ2) is 10.8. The van der Waals surface area contributed by atoms with Crippen LogP contribution in [0.5, 0.6) is 5.75 Å². The Labute approximate surface area is 254 Å². The van der Waals surface area contributed by atoms with E-state index in [4.69, 9.17) is 9.47 Å². The number of rotatable bonds is 7. The third kappa shape index (κ3) is 5.13. The normalized spacial score (nSPS) is 29.9. The summed E-state index contributed by atoms with van der Waals surface area (Å²) in [6.07, 6.45) is 9.82. The van der Waals surface area contributed by atoms with Crippen molar-refractivity contribution in [1.29, 1.82) is 0 Å². The summed E-state index contributed by atoms with van der Waals surface area (Å²) in [5, 5.41) is 6.12. The van der Waals surface area contributed by atoms with Gasteiger partial charge in [0.25, 0.3) is 0 Å². The molecule has 3 fully saturated rings. The molecule has 43 heavy (non-hydrogen) atoms. The summed E-state index contributed by atoms with van der Waals surface area (Å²) >= 11 is 0. The number of anilines is 1. The molecule has 6 rings (SSSR count). The fraction of sp³-hybridized carbons (Fsp3) is 0.514. The number of carbonyl (C=O) groups is 3. The molecular formula is C35H43N3O5. The van der Waals surface area contributed by atoms with Crippen LogP contribution in [0.4, 0.5) is 5.69 Å². The zero-order chi connectivity index (χ0) is 30.6. The number of nitrogens with zero attached hydrogens (tertiary/aromatic N) is 1. The molecule has 3 amide bonds. The Bertz CT molecular complexity index is 1420. The minimum Gasteiger partial charge on any atom is -0.497 e. The van der Waals surface area contributed by atoms with E-state index >= 15 is 0 Å². The van der Waals surface area contributed by atoms with Gasteiger partial charge in [0.05, 0.1) is 24.5 Å². The van der Waals surface area contributed by atoms with E-state index in [0.29, 0.717) is 18.2 Å². The number of benzene rings is 2. The molecule has 0 radical (unpaired) electrons. The zero-order valence-electron chi connectivity index (χ0n) is 25.8. The summed E-state index contributed by atoms with van der Waals surface area (Å²) in [5.41, 5.74) is 0.0285. The fourth-order valence-electron chi connectivity index (χ4n) is 7.64.